The van der Waals surface area contributed by atoms with Crippen LogP contribution in [0.3, 0.4) is 0 Å². The van der Waals surface area contributed by atoms with E-state index in [2.05, 4.69) is 21.2 Å². The van der Waals surface area contributed by atoms with E-state index in [1.807, 2.05) is 29.2 Å². The van der Waals surface area contributed by atoms with Crippen LogP contribution >= 0.6 is 15.9 Å². The summed E-state index contributed by atoms with van der Waals surface area (Å²) in [6, 6.07) is 10.6. The summed E-state index contributed by atoms with van der Waals surface area (Å²) in [6.07, 6.45) is 0. The molecule has 2 nitrogen and oxygen atoms in total. The lowest BCUT2D eigenvalue weighted by Gasteiger charge is -2.25. The van der Waals surface area contributed by atoms with Crippen molar-refractivity contribution in [2.75, 3.05) is 18.0 Å². The molecule has 2 aromatic carbocycles. The van der Waals surface area contributed by atoms with Crippen LogP contribution in [0.5, 0.6) is 0 Å². The van der Waals surface area contributed by atoms with Crippen LogP contribution in [0.2, 0.25) is 0 Å². The fraction of sp³-hybridized carbons (Fsp3) is 0.250. The van der Waals surface area contributed by atoms with Gasteiger partial charge in [0, 0.05) is 37.4 Å². The number of nitrogens with zero attached hydrogens (tertiary/aromatic N) is 1. The van der Waals surface area contributed by atoms with Crippen LogP contribution in [0.1, 0.15) is 11.1 Å². The summed E-state index contributed by atoms with van der Waals surface area (Å²) in [7, 11) is 0. The van der Waals surface area contributed by atoms with Gasteiger partial charge in [-0.1, -0.05) is 18.2 Å². The van der Waals surface area contributed by atoms with Crippen LogP contribution < -0.4 is 10.2 Å². The van der Waals surface area contributed by atoms with Crippen molar-refractivity contribution in [3.63, 3.8) is 0 Å². The summed E-state index contributed by atoms with van der Waals surface area (Å²) in [5, 5.41) is 3.32. The fourth-order valence-corrected chi connectivity index (χ4v) is 2.97. The monoisotopic (exact) mass is 352 g/mol. The standard InChI is InChI=1S/C16H15BrF2N2/c17-13-5-6-14(18)12(16(13)19)10-21-8-7-20-9-11-3-1-2-4-15(11)21/h1-6,20H,7-10H2. The van der Waals surface area contributed by atoms with E-state index in [1.165, 1.54) is 12.1 Å². The molecule has 2 aromatic rings. The molecule has 5 heteroatoms. The molecule has 0 unspecified atom stereocenters. The summed E-state index contributed by atoms with van der Waals surface area (Å²) in [6.45, 7) is 2.49. The van der Waals surface area contributed by atoms with Gasteiger partial charge in [-0.05, 0) is 39.7 Å². The molecule has 3 rings (SSSR count). The van der Waals surface area contributed by atoms with E-state index >= 15 is 0 Å². The molecule has 0 spiro atoms. The van der Waals surface area contributed by atoms with Crippen molar-refractivity contribution in [1.29, 1.82) is 0 Å². The predicted molar refractivity (Wildman–Crippen MR) is 83.3 cm³/mol. The van der Waals surface area contributed by atoms with Crippen LogP contribution in [-0.2, 0) is 13.1 Å². The van der Waals surface area contributed by atoms with Gasteiger partial charge in [0.25, 0.3) is 0 Å². The highest BCUT2D eigenvalue weighted by Gasteiger charge is 2.19. The second-order valence-electron chi connectivity index (χ2n) is 5.05. The van der Waals surface area contributed by atoms with Crippen LogP contribution in [0.25, 0.3) is 0 Å². The Labute approximate surface area is 130 Å². The lowest BCUT2D eigenvalue weighted by atomic mass is 10.1. The molecule has 0 saturated heterocycles. The Hall–Kier alpha value is -1.46. The highest BCUT2D eigenvalue weighted by molar-refractivity contribution is 9.10. The molecule has 0 atom stereocenters. The van der Waals surface area contributed by atoms with Gasteiger partial charge in [0.15, 0.2) is 0 Å². The second kappa shape index (κ2) is 6.12. The smallest absolute Gasteiger partial charge is 0.145 e. The van der Waals surface area contributed by atoms with Gasteiger partial charge < -0.3 is 10.2 Å². The maximum absolute atomic E-state index is 14.2. The topological polar surface area (TPSA) is 15.3 Å². The van der Waals surface area contributed by atoms with Crippen molar-refractivity contribution < 1.29 is 8.78 Å². The maximum atomic E-state index is 14.2. The number of nitrogens with one attached hydrogen (secondary N) is 1. The summed E-state index contributed by atoms with van der Waals surface area (Å²) >= 11 is 3.12. The predicted octanol–water partition coefficient (Wildman–Crippen LogP) is 3.84. The van der Waals surface area contributed by atoms with Gasteiger partial charge in [0.2, 0.25) is 0 Å². The molecule has 0 amide bonds. The first-order valence-corrected chi connectivity index (χ1v) is 7.62. The highest BCUT2D eigenvalue weighted by atomic mass is 79.9. The van der Waals surface area contributed by atoms with Crippen LogP contribution in [0.15, 0.2) is 40.9 Å². The zero-order valence-corrected chi connectivity index (χ0v) is 13.0. The van der Waals surface area contributed by atoms with Crippen LogP contribution in [-0.4, -0.2) is 13.1 Å². The van der Waals surface area contributed by atoms with Crippen LogP contribution in [0.4, 0.5) is 14.5 Å². The lowest BCUT2D eigenvalue weighted by Crippen LogP contribution is -2.29. The van der Waals surface area contributed by atoms with Gasteiger partial charge in [-0.25, -0.2) is 8.78 Å². The average Bonchev–Trinajstić information content (AvgIpc) is 2.70. The summed E-state index contributed by atoms with van der Waals surface area (Å²) < 4.78 is 28.4. The van der Waals surface area contributed by atoms with Gasteiger partial charge in [-0.15, -0.1) is 0 Å². The molecule has 0 fully saturated rings. The van der Waals surface area contributed by atoms with E-state index < -0.39 is 11.6 Å². The maximum Gasteiger partial charge on any atom is 0.145 e. The molecule has 1 aliphatic rings. The largest absolute Gasteiger partial charge is 0.365 e. The number of anilines is 1. The van der Waals surface area contributed by atoms with Gasteiger partial charge in [0.05, 0.1) is 4.47 Å². The van der Waals surface area contributed by atoms with Crippen LogP contribution in [0, 0.1) is 11.6 Å². The molecule has 1 aliphatic heterocycles. The number of benzene rings is 2. The zero-order valence-electron chi connectivity index (χ0n) is 11.4. The van der Waals surface area contributed by atoms with E-state index in [9.17, 15) is 8.78 Å². The van der Waals surface area contributed by atoms with Crippen molar-refractivity contribution in [3.05, 3.63) is 63.6 Å². The third kappa shape index (κ3) is 2.94. The summed E-state index contributed by atoms with van der Waals surface area (Å²) in [4.78, 5) is 2.02. The van der Waals surface area contributed by atoms with E-state index in [1.54, 1.807) is 0 Å². The number of halogens is 3. The van der Waals surface area contributed by atoms with E-state index in [4.69, 9.17) is 0 Å². The van der Waals surface area contributed by atoms with Crippen molar-refractivity contribution in [2.24, 2.45) is 0 Å². The fourth-order valence-electron chi connectivity index (χ4n) is 2.60. The first kappa shape index (κ1) is 14.5. The Morgan fingerprint density at radius 3 is 2.81 bits per heavy atom. The summed E-state index contributed by atoms with van der Waals surface area (Å²) in [5.41, 5.74) is 2.27. The van der Waals surface area contributed by atoms with Crippen molar-refractivity contribution >= 4 is 21.6 Å². The number of fused-ring (bicyclic) bond motifs is 1. The minimum atomic E-state index is -0.523. The highest BCUT2D eigenvalue weighted by Crippen LogP contribution is 2.27. The molecule has 0 radical (unpaired) electrons. The number of hydrogen-bond donors (Lipinski definition) is 1. The molecule has 21 heavy (non-hydrogen) atoms. The quantitative estimate of drug-likeness (QED) is 0.826. The Kier molecular flexibility index (Phi) is 4.22. The number of hydrogen-bond acceptors (Lipinski definition) is 2. The minimum absolute atomic E-state index is 0.0982. The van der Waals surface area contributed by atoms with E-state index in [0.29, 0.717) is 11.0 Å². The van der Waals surface area contributed by atoms with Gasteiger partial charge in [-0.3, -0.25) is 0 Å². The molecule has 1 N–H and O–H groups in total. The Bertz CT molecular complexity index is 661. The average molecular weight is 353 g/mol. The van der Waals surface area contributed by atoms with Crippen molar-refractivity contribution in [3.8, 4) is 0 Å². The lowest BCUT2D eigenvalue weighted by molar-refractivity contribution is 0.545. The normalized spacial score (nSPS) is 14.7. The third-order valence-corrected chi connectivity index (χ3v) is 4.31. The molecule has 0 bridgehead atoms. The third-order valence-electron chi connectivity index (χ3n) is 3.69. The first-order chi connectivity index (χ1) is 10.2. The number of rotatable bonds is 2. The van der Waals surface area contributed by atoms with E-state index in [-0.39, 0.29) is 12.1 Å². The van der Waals surface area contributed by atoms with Gasteiger partial charge in [0.1, 0.15) is 11.6 Å². The molecular formula is C16H15BrF2N2. The molecular weight excluding hydrogens is 338 g/mol. The Morgan fingerprint density at radius 1 is 1.14 bits per heavy atom. The second-order valence-corrected chi connectivity index (χ2v) is 5.90. The van der Waals surface area contributed by atoms with Crippen molar-refractivity contribution in [2.45, 2.75) is 13.1 Å². The zero-order chi connectivity index (χ0) is 14.8. The van der Waals surface area contributed by atoms with Gasteiger partial charge in [-0.2, -0.15) is 0 Å². The number of para-hydroxylation sites is 1. The molecule has 0 saturated carbocycles. The van der Waals surface area contributed by atoms with Crippen molar-refractivity contribution in [1.82, 2.24) is 5.32 Å². The SMILES string of the molecule is Fc1ccc(Br)c(F)c1CN1CCNCc2ccccc21. The molecule has 110 valence electrons. The Morgan fingerprint density at radius 2 is 1.95 bits per heavy atom. The molecule has 0 aromatic heterocycles. The first-order valence-electron chi connectivity index (χ1n) is 6.83. The Balaban J connectivity index is 1.97. The van der Waals surface area contributed by atoms with E-state index in [0.717, 1.165) is 24.3 Å². The van der Waals surface area contributed by atoms with Gasteiger partial charge >= 0.3 is 0 Å². The molecule has 1 heterocycles. The molecule has 0 aliphatic carbocycles. The minimum Gasteiger partial charge on any atom is -0.365 e. The summed E-state index contributed by atoms with van der Waals surface area (Å²) in [5.74, 6) is -1.03.